The van der Waals surface area contributed by atoms with Crippen LogP contribution in [0.3, 0.4) is 0 Å². The second kappa shape index (κ2) is 3.46. The number of ether oxygens (including phenoxy) is 2. The summed E-state index contributed by atoms with van der Waals surface area (Å²) in [5, 5.41) is 0. The smallest absolute Gasteiger partial charge is 0.341 e. The van der Waals surface area contributed by atoms with Crippen molar-refractivity contribution in [3.8, 4) is 0 Å². The minimum atomic E-state index is -0.646. The first kappa shape index (κ1) is 11.9. The standard InChI is InChI=1S/C13H22O3/c1-8(2)10-6-12(7-10)13(16-12,9(3)4)11(14)15-5/h8-10H,6-7H2,1-5H3. The molecule has 0 radical (unpaired) electrons. The molecule has 92 valence electrons. The Morgan fingerprint density at radius 1 is 1.31 bits per heavy atom. The van der Waals surface area contributed by atoms with Gasteiger partial charge in [-0.05, 0) is 30.6 Å². The molecule has 3 nitrogen and oxygen atoms in total. The van der Waals surface area contributed by atoms with Crippen LogP contribution in [-0.4, -0.2) is 24.3 Å². The van der Waals surface area contributed by atoms with E-state index in [0.29, 0.717) is 11.8 Å². The van der Waals surface area contributed by atoms with Crippen LogP contribution in [0.2, 0.25) is 0 Å². The van der Waals surface area contributed by atoms with E-state index in [-0.39, 0.29) is 17.5 Å². The number of methoxy groups -OCH3 is 1. The predicted octanol–water partition coefficient (Wildman–Crippen LogP) is 2.39. The summed E-state index contributed by atoms with van der Waals surface area (Å²) in [5.41, 5.74) is -0.837. The van der Waals surface area contributed by atoms with Gasteiger partial charge in [-0.2, -0.15) is 0 Å². The van der Waals surface area contributed by atoms with E-state index in [9.17, 15) is 4.79 Å². The molecule has 1 heterocycles. The number of rotatable bonds is 3. The lowest BCUT2D eigenvalue weighted by Gasteiger charge is -2.38. The zero-order valence-corrected chi connectivity index (χ0v) is 10.9. The van der Waals surface area contributed by atoms with Gasteiger partial charge in [0.1, 0.15) is 5.60 Å². The second-order valence-corrected chi connectivity index (χ2v) is 5.89. The number of esters is 1. The number of epoxide rings is 1. The Kier molecular flexibility index (Phi) is 2.57. The largest absolute Gasteiger partial charge is 0.467 e. The molecule has 1 aliphatic heterocycles. The van der Waals surface area contributed by atoms with Gasteiger partial charge in [-0.15, -0.1) is 0 Å². The molecular weight excluding hydrogens is 204 g/mol. The predicted molar refractivity (Wildman–Crippen MR) is 61.0 cm³/mol. The van der Waals surface area contributed by atoms with E-state index in [1.807, 2.05) is 13.8 Å². The average molecular weight is 226 g/mol. The Balaban J connectivity index is 2.10. The Bertz CT molecular complexity index is 302. The molecule has 0 N–H and O–H groups in total. The van der Waals surface area contributed by atoms with Crippen molar-refractivity contribution < 1.29 is 14.3 Å². The van der Waals surface area contributed by atoms with E-state index in [2.05, 4.69) is 13.8 Å². The SMILES string of the molecule is COC(=O)C1(C(C)C)OC12CC(C(C)C)C2. The first-order valence-corrected chi connectivity index (χ1v) is 6.18. The van der Waals surface area contributed by atoms with Gasteiger partial charge in [-0.1, -0.05) is 27.7 Å². The molecule has 1 aliphatic carbocycles. The van der Waals surface area contributed by atoms with Crippen molar-refractivity contribution in [3.05, 3.63) is 0 Å². The lowest BCUT2D eigenvalue weighted by molar-refractivity contribution is -0.149. The Labute approximate surface area is 97.5 Å². The van der Waals surface area contributed by atoms with Crippen molar-refractivity contribution in [1.82, 2.24) is 0 Å². The van der Waals surface area contributed by atoms with Gasteiger partial charge in [-0.3, -0.25) is 0 Å². The summed E-state index contributed by atoms with van der Waals surface area (Å²) < 4.78 is 10.7. The van der Waals surface area contributed by atoms with Gasteiger partial charge >= 0.3 is 5.97 Å². The number of carbonyl (C=O) groups is 1. The van der Waals surface area contributed by atoms with Crippen molar-refractivity contribution in [2.45, 2.75) is 51.7 Å². The monoisotopic (exact) mass is 226 g/mol. The summed E-state index contributed by atoms with van der Waals surface area (Å²) >= 11 is 0. The highest BCUT2D eigenvalue weighted by Crippen LogP contribution is 2.66. The maximum atomic E-state index is 11.9. The van der Waals surface area contributed by atoms with Gasteiger partial charge in [0.15, 0.2) is 5.60 Å². The molecule has 1 saturated heterocycles. The molecule has 2 fully saturated rings. The molecule has 0 aromatic heterocycles. The lowest BCUT2D eigenvalue weighted by atomic mass is 9.62. The molecule has 16 heavy (non-hydrogen) atoms. The van der Waals surface area contributed by atoms with Crippen molar-refractivity contribution in [1.29, 1.82) is 0 Å². The first-order valence-electron chi connectivity index (χ1n) is 6.18. The Morgan fingerprint density at radius 2 is 1.88 bits per heavy atom. The number of hydrogen-bond acceptors (Lipinski definition) is 3. The summed E-state index contributed by atoms with van der Waals surface area (Å²) in [6, 6.07) is 0. The van der Waals surface area contributed by atoms with E-state index in [0.717, 1.165) is 12.8 Å². The summed E-state index contributed by atoms with van der Waals surface area (Å²) in [5.74, 6) is 1.38. The first-order chi connectivity index (χ1) is 7.39. The third-order valence-corrected chi connectivity index (χ3v) is 4.42. The van der Waals surface area contributed by atoms with Gasteiger partial charge < -0.3 is 9.47 Å². The summed E-state index contributed by atoms with van der Waals surface area (Å²) in [6.07, 6.45) is 2.02. The van der Waals surface area contributed by atoms with Gasteiger partial charge in [-0.25, -0.2) is 4.79 Å². The fraction of sp³-hybridized carbons (Fsp3) is 0.923. The van der Waals surface area contributed by atoms with Crippen LogP contribution >= 0.6 is 0 Å². The molecule has 1 spiro atoms. The molecule has 1 atom stereocenters. The molecule has 0 aromatic rings. The fourth-order valence-electron chi connectivity index (χ4n) is 3.19. The van der Waals surface area contributed by atoms with Crippen molar-refractivity contribution in [2.75, 3.05) is 7.11 Å². The summed E-state index contributed by atoms with van der Waals surface area (Å²) in [7, 11) is 1.44. The third kappa shape index (κ3) is 1.27. The topological polar surface area (TPSA) is 38.8 Å². The van der Waals surface area contributed by atoms with Gasteiger partial charge in [0.05, 0.1) is 7.11 Å². The van der Waals surface area contributed by atoms with E-state index >= 15 is 0 Å². The maximum Gasteiger partial charge on any atom is 0.341 e. The van der Waals surface area contributed by atoms with Crippen molar-refractivity contribution in [2.24, 2.45) is 17.8 Å². The second-order valence-electron chi connectivity index (χ2n) is 5.89. The molecule has 1 saturated carbocycles. The van der Waals surface area contributed by atoms with Crippen molar-refractivity contribution >= 4 is 5.97 Å². The van der Waals surface area contributed by atoms with Crippen LogP contribution in [0.5, 0.6) is 0 Å². The van der Waals surface area contributed by atoms with Crippen LogP contribution in [-0.2, 0) is 14.3 Å². The van der Waals surface area contributed by atoms with E-state index < -0.39 is 5.60 Å². The Morgan fingerprint density at radius 3 is 2.25 bits per heavy atom. The molecule has 2 aliphatic rings. The normalized spacial score (nSPS) is 41.3. The highest BCUT2D eigenvalue weighted by Gasteiger charge is 2.80. The minimum absolute atomic E-state index is 0.188. The van der Waals surface area contributed by atoms with Crippen LogP contribution in [0.1, 0.15) is 40.5 Å². The van der Waals surface area contributed by atoms with Crippen LogP contribution in [0, 0.1) is 17.8 Å². The van der Waals surface area contributed by atoms with E-state index in [4.69, 9.17) is 9.47 Å². The highest BCUT2D eigenvalue weighted by atomic mass is 16.7. The molecular formula is C13H22O3. The fourth-order valence-corrected chi connectivity index (χ4v) is 3.19. The molecule has 1 unspecified atom stereocenters. The van der Waals surface area contributed by atoms with Crippen molar-refractivity contribution in [3.63, 3.8) is 0 Å². The Hall–Kier alpha value is -0.570. The van der Waals surface area contributed by atoms with Crippen LogP contribution in [0.25, 0.3) is 0 Å². The van der Waals surface area contributed by atoms with Gasteiger partial charge in [0.25, 0.3) is 0 Å². The zero-order chi connectivity index (χ0) is 12.1. The average Bonchev–Trinajstić information content (AvgIpc) is 2.85. The van der Waals surface area contributed by atoms with Crippen LogP contribution in [0.15, 0.2) is 0 Å². The van der Waals surface area contributed by atoms with E-state index in [1.54, 1.807) is 0 Å². The third-order valence-electron chi connectivity index (χ3n) is 4.42. The minimum Gasteiger partial charge on any atom is -0.467 e. The van der Waals surface area contributed by atoms with Crippen LogP contribution in [0.4, 0.5) is 0 Å². The van der Waals surface area contributed by atoms with Gasteiger partial charge in [0.2, 0.25) is 0 Å². The molecule has 2 rings (SSSR count). The van der Waals surface area contributed by atoms with Gasteiger partial charge in [0, 0.05) is 0 Å². The quantitative estimate of drug-likeness (QED) is 0.548. The molecule has 0 aromatic carbocycles. The summed E-state index contributed by atoms with van der Waals surface area (Å²) in [4.78, 5) is 11.9. The zero-order valence-electron chi connectivity index (χ0n) is 10.9. The lowest BCUT2D eigenvalue weighted by Crippen LogP contribution is -2.47. The molecule has 0 bridgehead atoms. The summed E-state index contributed by atoms with van der Waals surface area (Å²) in [6.45, 7) is 8.53. The molecule has 0 amide bonds. The maximum absolute atomic E-state index is 11.9. The molecule has 3 heteroatoms. The number of carbonyl (C=O) groups excluding carboxylic acids is 1. The number of hydrogen-bond donors (Lipinski definition) is 0. The van der Waals surface area contributed by atoms with E-state index in [1.165, 1.54) is 7.11 Å². The highest BCUT2D eigenvalue weighted by molar-refractivity contribution is 5.85. The van der Waals surface area contributed by atoms with Crippen LogP contribution < -0.4 is 0 Å².